The van der Waals surface area contributed by atoms with Crippen LogP contribution >= 0.6 is 12.2 Å². The molecule has 1 heterocycles. The van der Waals surface area contributed by atoms with Crippen molar-refractivity contribution < 1.29 is 14.0 Å². The first-order chi connectivity index (χ1) is 15.6. The highest BCUT2D eigenvalue weighted by atomic mass is 32.1. The molecule has 3 aromatic carbocycles. The van der Waals surface area contributed by atoms with Gasteiger partial charge in [0.05, 0.1) is 18.5 Å². The number of furan rings is 1. The quantitative estimate of drug-likeness (QED) is 0.382. The van der Waals surface area contributed by atoms with E-state index in [9.17, 15) is 9.59 Å². The average Bonchev–Trinajstić information content (AvgIpc) is 3.37. The molecule has 4 aromatic rings. The van der Waals surface area contributed by atoms with Crippen molar-refractivity contribution in [3.8, 4) is 0 Å². The van der Waals surface area contributed by atoms with Gasteiger partial charge < -0.3 is 4.42 Å². The summed E-state index contributed by atoms with van der Waals surface area (Å²) in [5.74, 6) is -0.0993. The maximum absolute atomic E-state index is 13.5. The van der Waals surface area contributed by atoms with Gasteiger partial charge in [0.25, 0.3) is 11.8 Å². The minimum atomic E-state index is -0.327. The lowest BCUT2D eigenvalue weighted by molar-refractivity contribution is 0.0832. The summed E-state index contributed by atoms with van der Waals surface area (Å²) in [6.45, 7) is 0.0883. The molecule has 0 unspecified atom stereocenters. The molecule has 0 fully saturated rings. The van der Waals surface area contributed by atoms with Crippen molar-refractivity contribution >= 4 is 34.8 Å². The molecule has 4 rings (SSSR count). The summed E-state index contributed by atoms with van der Waals surface area (Å²) in [4.78, 5) is 29.8. The van der Waals surface area contributed by atoms with Gasteiger partial charge in [0, 0.05) is 11.1 Å². The number of hydrogen-bond acceptors (Lipinski definition) is 4. The molecule has 0 N–H and O–H groups in total. The third-order valence-electron chi connectivity index (χ3n) is 4.82. The van der Waals surface area contributed by atoms with Crippen LogP contribution in [0.2, 0.25) is 0 Å². The maximum atomic E-state index is 13.5. The molecule has 0 bridgehead atoms. The summed E-state index contributed by atoms with van der Waals surface area (Å²) in [7, 11) is 0. The Hall–Kier alpha value is -4.03. The summed E-state index contributed by atoms with van der Waals surface area (Å²) >= 11 is 5.77. The topological polar surface area (TPSA) is 53.8 Å². The van der Waals surface area contributed by atoms with Crippen LogP contribution in [-0.4, -0.2) is 21.8 Å². The van der Waals surface area contributed by atoms with Crippen LogP contribution in [0.3, 0.4) is 0 Å². The summed E-state index contributed by atoms with van der Waals surface area (Å²) in [6.07, 6.45) is 1.54. The first kappa shape index (κ1) is 21.2. The second kappa shape index (κ2) is 9.85. The molecule has 0 saturated carbocycles. The van der Waals surface area contributed by atoms with Gasteiger partial charge in [0.2, 0.25) is 0 Å². The Bertz CT molecular complexity index is 1190. The molecule has 5 nitrogen and oxygen atoms in total. The number of anilines is 1. The molecule has 2 amide bonds. The van der Waals surface area contributed by atoms with Gasteiger partial charge in [-0.1, -0.05) is 54.6 Å². The van der Waals surface area contributed by atoms with Gasteiger partial charge in [-0.2, -0.15) is 0 Å². The fourth-order valence-corrected chi connectivity index (χ4v) is 3.58. The van der Waals surface area contributed by atoms with Crippen LogP contribution < -0.4 is 4.90 Å². The Morgan fingerprint density at radius 3 is 1.75 bits per heavy atom. The standard InChI is InChI=1S/C26H20N2O3S/c29-24(20-11-4-1-5-12-20)27(19-23-17-10-18-31-23)26(32)28(22-15-8-3-9-16-22)25(30)21-13-6-2-7-14-21/h1-18H,19H2. The van der Waals surface area contributed by atoms with E-state index >= 15 is 0 Å². The largest absolute Gasteiger partial charge is 0.467 e. The van der Waals surface area contributed by atoms with E-state index in [0.29, 0.717) is 22.6 Å². The lowest BCUT2D eigenvalue weighted by Gasteiger charge is -2.31. The number of rotatable bonds is 5. The van der Waals surface area contributed by atoms with Crippen molar-refractivity contribution in [2.24, 2.45) is 0 Å². The van der Waals surface area contributed by atoms with E-state index in [0.717, 1.165) is 0 Å². The van der Waals surface area contributed by atoms with Crippen LogP contribution in [0.4, 0.5) is 5.69 Å². The highest BCUT2D eigenvalue weighted by Gasteiger charge is 2.30. The fraction of sp³-hybridized carbons (Fsp3) is 0.0385. The maximum Gasteiger partial charge on any atom is 0.264 e. The lowest BCUT2D eigenvalue weighted by atomic mass is 10.1. The number of carbonyl (C=O) groups is 2. The molecule has 32 heavy (non-hydrogen) atoms. The zero-order chi connectivity index (χ0) is 22.3. The lowest BCUT2D eigenvalue weighted by Crippen LogP contribution is -2.48. The third-order valence-corrected chi connectivity index (χ3v) is 5.22. The van der Waals surface area contributed by atoms with Crippen molar-refractivity contribution in [1.82, 2.24) is 4.90 Å². The van der Waals surface area contributed by atoms with Crippen molar-refractivity contribution in [3.63, 3.8) is 0 Å². The number of hydrogen-bond donors (Lipinski definition) is 0. The van der Waals surface area contributed by atoms with E-state index in [1.165, 1.54) is 16.1 Å². The molecule has 6 heteroatoms. The first-order valence-corrected chi connectivity index (χ1v) is 10.4. The van der Waals surface area contributed by atoms with Gasteiger partial charge in [-0.15, -0.1) is 0 Å². The fourth-order valence-electron chi connectivity index (χ4n) is 3.24. The molecule has 1 aromatic heterocycles. The Morgan fingerprint density at radius 2 is 1.22 bits per heavy atom. The number of nitrogens with zero attached hydrogens (tertiary/aromatic N) is 2. The van der Waals surface area contributed by atoms with E-state index in [4.69, 9.17) is 16.6 Å². The van der Waals surface area contributed by atoms with Gasteiger partial charge in [-0.3, -0.25) is 19.4 Å². The molecule has 0 radical (unpaired) electrons. The van der Waals surface area contributed by atoms with Crippen molar-refractivity contribution in [1.29, 1.82) is 0 Å². The molecule has 0 aliphatic carbocycles. The highest BCUT2D eigenvalue weighted by molar-refractivity contribution is 7.80. The van der Waals surface area contributed by atoms with Gasteiger partial charge in [0.15, 0.2) is 5.11 Å². The number of amides is 2. The first-order valence-electron chi connectivity index (χ1n) is 10.0. The van der Waals surface area contributed by atoms with Crippen molar-refractivity contribution in [2.45, 2.75) is 6.54 Å². The summed E-state index contributed by atoms with van der Waals surface area (Å²) in [5, 5.41) is 0.0651. The minimum Gasteiger partial charge on any atom is -0.467 e. The molecule has 0 atom stereocenters. The Kier molecular flexibility index (Phi) is 6.53. The molecule has 0 aliphatic rings. The van der Waals surface area contributed by atoms with E-state index in [-0.39, 0.29) is 23.5 Å². The summed E-state index contributed by atoms with van der Waals surface area (Å²) in [5.41, 5.74) is 1.49. The monoisotopic (exact) mass is 440 g/mol. The smallest absolute Gasteiger partial charge is 0.264 e. The minimum absolute atomic E-state index is 0.0651. The molecule has 0 spiro atoms. The van der Waals surface area contributed by atoms with Crippen LogP contribution in [-0.2, 0) is 6.54 Å². The summed E-state index contributed by atoms with van der Waals surface area (Å²) < 4.78 is 5.47. The SMILES string of the molecule is O=C(c1ccccc1)N(Cc1ccco1)C(=S)N(C(=O)c1ccccc1)c1ccccc1. The van der Waals surface area contributed by atoms with Crippen molar-refractivity contribution in [2.75, 3.05) is 4.90 Å². The highest BCUT2D eigenvalue weighted by Crippen LogP contribution is 2.22. The molecule has 0 saturated heterocycles. The molecule has 0 aliphatic heterocycles. The van der Waals surface area contributed by atoms with Gasteiger partial charge in [-0.05, 0) is 60.7 Å². The van der Waals surface area contributed by atoms with Crippen LogP contribution in [0.25, 0.3) is 0 Å². The number of carbonyl (C=O) groups excluding carboxylic acids is 2. The normalized spacial score (nSPS) is 10.4. The number of thiocarbonyl (C=S) groups is 1. The van der Waals surface area contributed by atoms with Crippen LogP contribution in [0.5, 0.6) is 0 Å². The Labute approximate surface area is 191 Å². The predicted molar refractivity (Wildman–Crippen MR) is 127 cm³/mol. The number of benzene rings is 3. The second-order valence-corrected chi connectivity index (χ2v) is 7.33. The van der Waals surface area contributed by atoms with Crippen molar-refractivity contribution in [3.05, 3.63) is 126 Å². The van der Waals surface area contributed by atoms with Crippen LogP contribution in [0, 0.1) is 0 Å². The van der Waals surface area contributed by atoms with Gasteiger partial charge in [0.1, 0.15) is 5.76 Å². The van der Waals surface area contributed by atoms with E-state index in [1.807, 2.05) is 30.3 Å². The summed E-state index contributed by atoms with van der Waals surface area (Å²) in [6, 6.07) is 30.2. The number of para-hydroxylation sites is 1. The van der Waals surface area contributed by atoms with E-state index in [1.54, 1.807) is 72.8 Å². The Morgan fingerprint density at radius 1 is 0.688 bits per heavy atom. The second-order valence-electron chi connectivity index (χ2n) is 6.96. The molecular weight excluding hydrogens is 420 g/mol. The predicted octanol–water partition coefficient (Wildman–Crippen LogP) is 5.55. The van der Waals surface area contributed by atoms with E-state index < -0.39 is 0 Å². The average molecular weight is 441 g/mol. The Balaban J connectivity index is 1.77. The van der Waals surface area contributed by atoms with E-state index in [2.05, 4.69) is 0 Å². The molecule has 158 valence electrons. The third kappa shape index (κ3) is 4.66. The van der Waals surface area contributed by atoms with Crippen LogP contribution in [0.15, 0.2) is 114 Å². The zero-order valence-corrected chi connectivity index (χ0v) is 17.9. The van der Waals surface area contributed by atoms with Gasteiger partial charge >= 0.3 is 0 Å². The van der Waals surface area contributed by atoms with Crippen LogP contribution in [0.1, 0.15) is 26.5 Å². The molecular formula is C26H20N2O3S. The zero-order valence-electron chi connectivity index (χ0n) is 17.1. The van der Waals surface area contributed by atoms with Gasteiger partial charge in [-0.25, -0.2) is 0 Å².